The van der Waals surface area contributed by atoms with Gasteiger partial charge in [-0.25, -0.2) is 0 Å². The van der Waals surface area contributed by atoms with E-state index in [1.807, 2.05) is 24.3 Å². The number of hydrogen-bond donors (Lipinski definition) is 0. The van der Waals surface area contributed by atoms with Gasteiger partial charge in [0.1, 0.15) is 12.2 Å². The van der Waals surface area contributed by atoms with Crippen LogP contribution in [0, 0.1) is 13.0 Å². The van der Waals surface area contributed by atoms with E-state index in [0.29, 0.717) is 0 Å². The van der Waals surface area contributed by atoms with Crippen LogP contribution < -0.4 is 34.0 Å². The molecular weight excluding hydrogens is 387 g/mol. The summed E-state index contributed by atoms with van der Waals surface area (Å²) in [7, 11) is 0. The second kappa shape index (κ2) is 14.8. The minimum Gasteiger partial charge on any atom is -1.00 e. The summed E-state index contributed by atoms with van der Waals surface area (Å²) in [5, 5.41) is 0. The van der Waals surface area contributed by atoms with Crippen LogP contribution in [0.3, 0.4) is 0 Å². The Kier molecular flexibility index (Phi) is 28.8. The summed E-state index contributed by atoms with van der Waals surface area (Å²) in [6.07, 6.45) is 11.7. The summed E-state index contributed by atoms with van der Waals surface area (Å²) in [6, 6.07) is 0. The molecule has 0 radical (unpaired) electrons. The summed E-state index contributed by atoms with van der Waals surface area (Å²) >= 11 is 0. The van der Waals surface area contributed by atoms with E-state index in [2.05, 4.69) is 13.0 Å². The van der Waals surface area contributed by atoms with Crippen LogP contribution in [0.25, 0.3) is 0 Å². The third-order valence-corrected chi connectivity index (χ3v) is 1.08. The van der Waals surface area contributed by atoms with Crippen molar-refractivity contribution in [2.24, 2.45) is 0 Å². The third kappa shape index (κ3) is 9.42. The molecule has 1 aliphatic carbocycles. The van der Waals surface area contributed by atoms with Crippen molar-refractivity contribution in [3.05, 3.63) is 42.9 Å². The minimum atomic E-state index is 0. The summed E-state index contributed by atoms with van der Waals surface area (Å²) in [5.41, 5.74) is 1.27. The summed E-state index contributed by atoms with van der Waals surface area (Å²) < 4.78 is 0. The van der Waals surface area contributed by atoms with E-state index >= 15 is 0 Å². The molecule has 1 aliphatic rings. The molecule has 0 saturated carbocycles. The van der Waals surface area contributed by atoms with Gasteiger partial charge < -0.3 is 40.9 Å². The van der Waals surface area contributed by atoms with Crippen LogP contribution in [0.5, 0.6) is 0 Å². The molecule has 60 valence electrons. The summed E-state index contributed by atoms with van der Waals surface area (Å²) in [5.74, 6) is 0. The second-order valence-electron chi connectivity index (χ2n) is 1.66. The van der Waals surface area contributed by atoms with E-state index in [-0.39, 0.29) is 72.9 Å². The molecule has 0 fully saturated rings. The van der Waals surface area contributed by atoms with Crippen molar-refractivity contribution < 1.29 is 72.9 Å². The van der Waals surface area contributed by atoms with Gasteiger partial charge in [-0.2, -0.15) is 0 Å². The fraction of sp³-hybridized carbons (Fsp3) is 0.125. The van der Waals surface area contributed by atoms with E-state index in [1.54, 1.807) is 0 Å². The number of rotatable bonds is 1. The number of hydrogen-bond acceptors (Lipinski definition) is 0. The van der Waals surface area contributed by atoms with Crippen LogP contribution in [0.2, 0.25) is 0 Å². The van der Waals surface area contributed by atoms with Crippen molar-refractivity contribution in [1.82, 2.24) is 0 Å². The Hall–Kier alpha value is 1.34. The molecule has 0 N–H and O–H groups in total. The van der Waals surface area contributed by atoms with Crippen molar-refractivity contribution in [1.29, 1.82) is 0 Å². The Labute approximate surface area is 121 Å². The van der Waals surface area contributed by atoms with Crippen molar-refractivity contribution >= 4 is 0 Å². The average Bonchev–Trinajstić information content (AvgIpc) is 1.90. The van der Waals surface area contributed by atoms with Crippen molar-refractivity contribution in [2.45, 2.75) is 6.42 Å². The first-order valence-electron chi connectivity index (χ1n) is 2.67. The van der Waals surface area contributed by atoms with Gasteiger partial charge in [0.25, 0.3) is 0 Å². The molecule has 0 amide bonds. The Morgan fingerprint density at radius 2 is 1.83 bits per heavy atom. The van der Waals surface area contributed by atoms with Gasteiger partial charge in [0.2, 0.25) is 0 Å². The van der Waals surface area contributed by atoms with Crippen LogP contribution in [0.15, 0.2) is 29.9 Å². The molecule has 0 unspecified atom stereocenters. The molecule has 0 bridgehead atoms. The number of allylic oxidation sites excluding steroid dienone is 6. The van der Waals surface area contributed by atoms with Crippen LogP contribution in [0.1, 0.15) is 6.42 Å². The van der Waals surface area contributed by atoms with Crippen LogP contribution in [-0.4, -0.2) is 0 Å². The van der Waals surface area contributed by atoms with Crippen LogP contribution >= 0.6 is 0 Å². The normalized spacial score (nSPS) is 10.2. The van der Waals surface area contributed by atoms with E-state index in [1.165, 1.54) is 5.57 Å². The molecule has 0 spiro atoms. The van der Waals surface area contributed by atoms with E-state index in [4.69, 9.17) is 0 Å². The standard InChI is InChI=1S/C8H8.2BrH.2Zn/c1-2-8-6-4-3-5-7-8;;;;/h4-7H,1-2H2;2*1H;;/p-2. The van der Waals surface area contributed by atoms with Gasteiger partial charge in [-0.05, 0) is 0 Å². The molecule has 0 aromatic carbocycles. The van der Waals surface area contributed by atoms with Gasteiger partial charge in [0.15, 0.2) is 0 Å². The van der Waals surface area contributed by atoms with Gasteiger partial charge in [0, 0.05) is 62.8 Å². The van der Waals surface area contributed by atoms with Gasteiger partial charge in [-0.3, -0.25) is 0 Å². The molecule has 0 aromatic heterocycles. The number of halogens is 2. The monoisotopic (exact) mass is 390 g/mol. The van der Waals surface area contributed by atoms with Gasteiger partial charge in [0.05, 0.1) is 0 Å². The van der Waals surface area contributed by atoms with Gasteiger partial charge in [-0.1, -0.05) is 0 Å². The fourth-order valence-electron chi connectivity index (χ4n) is 0.588. The summed E-state index contributed by atoms with van der Waals surface area (Å²) in [6.45, 7) is 3.74. The zero-order valence-corrected chi connectivity index (χ0v) is 16.0. The fourth-order valence-corrected chi connectivity index (χ4v) is 0.588. The predicted molar refractivity (Wildman–Crippen MR) is 35.0 cm³/mol. The molecule has 1 rings (SSSR count). The zero-order valence-electron chi connectivity index (χ0n) is 6.89. The Morgan fingerprint density at radius 1 is 1.25 bits per heavy atom. The van der Waals surface area contributed by atoms with E-state index < -0.39 is 0 Å². The van der Waals surface area contributed by atoms with Crippen LogP contribution in [0.4, 0.5) is 0 Å². The second-order valence-corrected chi connectivity index (χ2v) is 1.66. The Balaban J connectivity index is -0.0000000800. The first-order chi connectivity index (χ1) is 3.93. The van der Waals surface area contributed by atoms with Gasteiger partial charge in [-0.15, -0.1) is 6.42 Å². The topological polar surface area (TPSA) is 0 Å². The molecule has 0 aromatic rings. The molecular formula is C8H8Br2Zn2-2. The van der Waals surface area contributed by atoms with Crippen molar-refractivity contribution in [3.63, 3.8) is 0 Å². The Bertz CT molecular complexity index is 162. The molecule has 0 heterocycles. The molecule has 0 saturated heterocycles. The third-order valence-electron chi connectivity index (χ3n) is 1.08. The van der Waals surface area contributed by atoms with Gasteiger partial charge >= 0.3 is 0 Å². The first kappa shape index (κ1) is 23.3. The SMILES string of the molecule is [Br-].[Br-].[CH2-]CC1=CC=[C+]C=C1.[Zn].[Zn]. The average molecular weight is 395 g/mol. The van der Waals surface area contributed by atoms with E-state index in [9.17, 15) is 0 Å². The van der Waals surface area contributed by atoms with E-state index in [0.717, 1.165) is 6.42 Å². The predicted octanol–water partition coefficient (Wildman–Crippen LogP) is -3.93. The minimum absolute atomic E-state index is 0. The molecule has 0 aliphatic heterocycles. The maximum Gasteiger partial charge on any atom is 0.103 e. The smallest absolute Gasteiger partial charge is 0.103 e. The van der Waals surface area contributed by atoms with Crippen molar-refractivity contribution in [2.75, 3.05) is 0 Å². The summed E-state index contributed by atoms with van der Waals surface area (Å²) in [4.78, 5) is 0. The maximum atomic E-state index is 3.74. The molecule has 0 atom stereocenters. The maximum absolute atomic E-state index is 3.74. The molecule has 0 nitrogen and oxygen atoms in total. The Morgan fingerprint density at radius 3 is 2.08 bits per heavy atom. The molecule has 12 heavy (non-hydrogen) atoms. The largest absolute Gasteiger partial charge is 1.00 e. The quantitative estimate of drug-likeness (QED) is 0.315. The zero-order chi connectivity index (χ0) is 5.82. The van der Waals surface area contributed by atoms with Crippen LogP contribution in [-0.2, 0) is 39.0 Å². The first-order valence-corrected chi connectivity index (χ1v) is 2.67. The van der Waals surface area contributed by atoms with Crippen molar-refractivity contribution in [3.8, 4) is 0 Å². The molecule has 4 heteroatoms.